The number of halogens is 2. The Labute approximate surface area is 117 Å². The maximum absolute atomic E-state index is 12.5. The summed E-state index contributed by atoms with van der Waals surface area (Å²) in [5.41, 5.74) is 0.511. The summed E-state index contributed by atoms with van der Waals surface area (Å²) in [6.45, 7) is 4.19. The molecular formula is C13H16Cl2N2O. The molecule has 1 saturated heterocycles. The zero-order valence-electron chi connectivity index (χ0n) is 10.5. The summed E-state index contributed by atoms with van der Waals surface area (Å²) >= 11 is 11.7. The fourth-order valence-corrected chi connectivity index (χ4v) is 2.80. The highest BCUT2D eigenvalue weighted by Gasteiger charge is 2.33. The van der Waals surface area contributed by atoms with Crippen molar-refractivity contribution in [2.75, 3.05) is 0 Å². The number of hydrogen-bond donors (Lipinski definition) is 0. The lowest BCUT2D eigenvalue weighted by molar-refractivity contribution is 0.0676. The first-order chi connectivity index (χ1) is 8.54. The predicted molar refractivity (Wildman–Crippen MR) is 73.2 cm³/mol. The molecular weight excluding hydrogens is 271 g/mol. The van der Waals surface area contributed by atoms with E-state index < -0.39 is 0 Å². The van der Waals surface area contributed by atoms with Gasteiger partial charge in [0, 0.05) is 18.3 Å². The molecule has 1 amide bonds. The van der Waals surface area contributed by atoms with Crippen molar-refractivity contribution in [3.05, 3.63) is 28.0 Å². The maximum Gasteiger partial charge on any atom is 0.255 e. The van der Waals surface area contributed by atoms with E-state index in [0.29, 0.717) is 16.6 Å². The van der Waals surface area contributed by atoms with Gasteiger partial charge in [0.2, 0.25) is 0 Å². The number of carbonyl (C=O) groups is 1. The van der Waals surface area contributed by atoms with Gasteiger partial charge < -0.3 is 4.90 Å². The first kappa shape index (κ1) is 13.6. The van der Waals surface area contributed by atoms with Gasteiger partial charge in [-0.1, -0.05) is 30.1 Å². The van der Waals surface area contributed by atoms with E-state index in [-0.39, 0.29) is 17.1 Å². The Bertz CT molecular complexity index is 464. The van der Waals surface area contributed by atoms with Gasteiger partial charge in [-0.05, 0) is 32.3 Å². The quantitative estimate of drug-likeness (QED) is 0.775. The van der Waals surface area contributed by atoms with Crippen LogP contribution >= 0.6 is 23.2 Å². The second-order valence-corrected chi connectivity index (χ2v) is 5.46. The lowest BCUT2D eigenvalue weighted by Gasteiger charge is -2.28. The molecule has 2 heterocycles. The number of hydrogen-bond acceptors (Lipinski definition) is 2. The largest absolute Gasteiger partial charge is 0.333 e. The molecule has 5 heteroatoms. The summed E-state index contributed by atoms with van der Waals surface area (Å²) in [7, 11) is 0. The molecule has 1 fully saturated rings. The second kappa shape index (κ2) is 5.45. The average molecular weight is 287 g/mol. The number of pyridine rings is 1. The molecule has 0 aromatic carbocycles. The van der Waals surface area contributed by atoms with Gasteiger partial charge >= 0.3 is 0 Å². The van der Waals surface area contributed by atoms with Crippen molar-refractivity contribution in [2.45, 2.75) is 45.2 Å². The third-order valence-electron chi connectivity index (χ3n) is 3.53. The van der Waals surface area contributed by atoms with Crippen molar-refractivity contribution < 1.29 is 4.79 Å². The van der Waals surface area contributed by atoms with Gasteiger partial charge in [0.05, 0.1) is 10.6 Å². The molecule has 0 spiro atoms. The monoisotopic (exact) mass is 286 g/mol. The molecule has 2 rings (SSSR count). The molecule has 1 aromatic rings. The predicted octanol–water partition coefficient (Wildman–Crippen LogP) is 3.79. The van der Waals surface area contributed by atoms with Crippen molar-refractivity contribution in [3.63, 3.8) is 0 Å². The minimum atomic E-state index is -0.00193. The van der Waals surface area contributed by atoms with Crippen molar-refractivity contribution in [2.24, 2.45) is 0 Å². The van der Waals surface area contributed by atoms with Gasteiger partial charge in [-0.25, -0.2) is 4.98 Å². The zero-order valence-corrected chi connectivity index (χ0v) is 12.0. The van der Waals surface area contributed by atoms with E-state index in [1.807, 2.05) is 4.90 Å². The van der Waals surface area contributed by atoms with E-state index in [0.717, 1.165) is 19.3 Å². The van der Waals surface area contributed by atoms with Gasteiger partial charge in [0.1, 0.15) is 5.15 Å². The molecule has 2 atom stereocenters. The SMILES string of the molecule is CCC1CCC(C)N1C(=O)c1cnc(Cl)c(Cl)c1. The van der Waals surface area contributed by atoms with E-state index >= 15 is 0 Å². The maximum atomic E-state index is 12.5. The van der Waals surface area contributed by atoms with Gasteiger partial charge in [-0.2, -0.15) is 0 Å². The van der Waals surface area contributed by atoms with E-state index in [9.17, 15) is 4.79 Å². The normalized spacial score (nSPS) is 23.4. The summed E-state index contributed by atoms with van der Waals surface area (Å²) in [6.07, 6.45) is 4.59. The average Bonchev–Trinajstić information content (AvgIpc) is 2.73. The van der Waals surface area contributed by atoms with Crippen LogP contribution in [0.5, 0.6) is 0 Å². The van der Waals surface area contributed by atoms with Crippen LogP contribution in [0.25, 0.3) is 0 Å². The Morgan fingerprint density at radius 2 is 2.22 bits per heavy atom. The number of rotatable bonds is 2. The van der Waals surface area contributed by atoms with E-state index in [1.54, 1.807) is 6.07 Å². The topological polar surface area (TPSA) is 33.2 Å². The van der Waals surface area contributed by atoms with Crippen LogP contribution in [-0.4, -0.2) is 27.9 Å². The molecule has 0 aliphatic carbocycles. The molecule has 3 nitrogen and oxygen atoms in total. The minimum absolute atomic E-state index is 0.00193. The first-order valence-electron chi connectivity index (χ1n) is 6.18. The zero-order chi connectivity index (χ0) is 13.3. The number of carbonyl (C=O) groups excluding carboxylic acids is 1. The highest BCUT2D eigenvalue weighted by Crippen LogP contribution is 2.29. The van der Waals surface area contributed by atoms with Crippen LogP contribution in [0.15, 0.2) is 12.3 Å². The van der Waals surface area contributed by atoms with Crippen LogP contribution in [-0.2, 0) is 0 Å². The van der Waals surface area contributed by atoms with E-state index in [1.165, 1.54) is 6.20 Å². The highest BCUT2D eigenvalue weighted by molar-refractivity contribution is 6.41. The molecule has 1 aliphatic heterocycles. The number of amides is 1. The Balaban J connectivity index is 2.27. The number of likely N-dealkylation sites (tertiary alicyclic amines) is 1. The number of nitrogens with zero attached hydrogens (tertiary/aromatic N) is 2. The lowest BCUT2D eigenvalue weighted by atomic mass is 10.1. The third-order valence-corrected chi connectivity index (χ3v) is 4.22. The summed E-state index contributed by atoms with van der Waals surface area (Å²) < 4.78 is 0. The van der Waals surface area contributed by atoms with Gasteiger partial charge in [0.15, 0.2) is 0 Å². The lowest BCUT2D eigenvalue weighted by Crippen LogP contribution is -2.39. The fraction of sp³-hybridized carbons (Fsp3) is 0.538. The number of aromatic nitrogens is 1. The molecule has 0 saturated carbocycles. The van der Waals surface area contributed by atoms with Crippen LogP contribution in [0, 0.1) is 0 Å². The Kier molecular flexibility index (Phi) is 4.13. The summed E-state index contributed by atoms with van der Waals surface area (Å²) in [4.78, 5) is 18.4. The van der Waals surface area contributed by atoms with Crippen LogP contribution in [0.4, 0.5) is 0 Å². The van der Waals surface area contributed by atoms with E-state index in [2.05, 4.69) is 18.8 Å². The molecule has 1 aromatic heterocycles. The smallest absolute Gasteiger partial charge is 0.255 e. The molecule has 0 bridgehead atoms. The van der Waals surface area contributed by atoms with Crippen LogP contribution in [0.3, 0.4) is 0 Å². The minimum Gasteiger partial charge on any atom is -0.333 e. The Hall–Kier alpha value is -0.800. The van der Waals surface area contributed by atoms with Crippen molar-refractivity contribution in [1.29, 1.82) is 0 Å². The molecule has 2 unspecified atom stereocenters. The standard InChI is InChI=1S/C13H16Cl2N2O/c1-3-10-5-4-8(2)17(10)13(18)9-6-11(14)12(15)16-7-9/h6-8,10H,3-5H2,1-2H3. The Morgan fingerprint density at radius 1 is 1.50 bits per heavy atom. The summed E-state index contributed by atoms with van der Waals surface area (Å²) in [5.74, 6) is -0.00193. The summed E-state index contributed by atoms with van der Waals surface area (Å²) in [6, 6.07) is 2.19. The van der Waals surface area contributed by atoms with Crippen molar-refractivity contribution >= 4 is 29.1 Å². The van der Waals surface area contributed by atoms with Gasteiger partial charge in [-0.3, -0.25) is 4.79 Å². The van der Waals surface area contributed by atoms with Crippen LogP contribution < -0.4 is 0 Å². The molecule has 0 radical (unpaired) electrons. The fourth-order valence-electron chi connectivity index (χ4n) is 2.53. The molecule has 1 aliphatic rings. The molecule has 98 valence electrons. The summed E-state index contributed by atoms with van der Waals surface area (Å²) in [5, 5.41) is 0.553. The molecule has 0 N–H and O–H groups in total. The molecule has 18 heavy (non-hydrogen) atoms. The van der Waals surface area contributed by atoms with E-state index in [4.69, 9.17) is 23.2 Å². The van der Waals surface area contributed by atoms with Crippen molar-refractivity contribution in [1.82, 2.24) is 9.88 Å². The Morgan fingerprint density at radius 3 is 2.83 bits per heavy atom. The first-order valence-corrected chi connectivity index (χ1v) is 6.94. The third kappa shape index (κ3) is 2.47. The van der Waals surface area contributed by atoms with Crippen LogP contribution in [0.1, 0.15) is 43.5 Å². The van der Waals surface area contributed by atoms with Gasteiger partial charge in [-0.15, -0.1) is 0 Å². The van der Waals surface area contributed by atoms with Crippen LogP contribution in [0.2, 0.25) is 10.2 Å². The van der Waals surface area contributed by atoms with Gasteiger partial charge in [0.25, 0.3) is 5.91 Å². The second-order valence-electron chi connectivity index (χ2n) is 4.70. The highest BCUT2D eigenvalue weighted by atomic mass is 35.5. The van der Waals surface area contributed by atoms with Crippen molar-refractivity contribution in [3.8, 4) is 0 Å².